The van der Waals surface area contributed by atoms with E-state index in [9.17, 15) is 0 Å². The van der Waals surface area contributed by atoms with Gasteiger partial charge in [0.15, 0.2) is 11.5 Å². The standard InChI is InChI=1S/C14H17N7/c1-3-15-4-2-12(1)21-10-11(9-18-21)19-13-14-17-6-8-20(14)7-5-16-13/h5-10,12,15H,1-4H2,(H,16,19). The molecule has 1 aliphatic heterocycles. The van der Waals surface area contributed by atoms with Gasteiger partial charge in [-0.25, -0.2) is 9.97 Å². The SMILES string of the molecule is c1cn2ccnc2c(Nc2cnn(C3CCNCC3)c2)n1. The number of nitrogens with zero attached hydrogens (tertiary/aromatic N) is 5. The lowest BCUT2D eigenvalue weighted by atomic mass is 10.1. The normalized spacial score (nSPS) is 16.4. The number of imidazole rings is 1. The highest BCUT2D eigenvalue weighted by atomic mass is 15.3. The number of hydrogen-bond acceptors (Lipinski definition) is 5. The van der Waals surface area contributed by atoms with Gasteiger partial charge in [-0.2, -0.15) is 5.10 Å². The van der Waals surface area contributed by atoms with Crippen LogP contribution in [-0.2, 0) is 0 Å². The van der Waals surface area contributed by atoms with Crippen LogP contribution in [0.5, 0.6) is 0 Å². The van der Waals surface area contributed by atoms with Gasteiger partial charge < -0.3 is 15.0 Å². The van der Waals surface area contributed by atoms with Crippen LogP contribution in [0.3, 0.4) is 0 Å². The first-order chi connectivity index (χ1) is 10.4. The minimum Gasteiger partial charge on any atom is -0.335 e. The zero-order valence-electron chi connectivity index (χ0n) is 11.6. The fraction of sp³-hybridized carbons (Fsp3) is 0.357. The molecule has 0 spiro atoms. The second-order valence-electron chi connectivity index (χ2n) is 5.25. The van der Waals surface area contributed by atoms with E-state index in [1.54, 1.807) is 12.4 Å². The van der Waals surface area contributed by atoms with E-state index in [0.29, 0.717) is 6.04 Å². The maximum atomic E-state index is 4.48. The third-order valence-corrected chi connectivity index (χ3v) is 3.86. The zero-order chi connectivity index (χ0) is 14.1. The third-order valence-electron chi connectivity index (χ3n) is 3.86. The molecule has 1 fully saturated rings. The molecule has 7 nitrogen and oxygen atoms in total. The highest BCUT2D eigenvalue weighted by Crippen LogP contribution is 2.22. The van der Waals surface area contributed by atoms with Gasteiger partial charge in [0.2, 0.25) is 0 Å². The molecule has 3 aromatic rings. The molecule has 1 saturated heterocycles. The minimum absolute atomic E-state index is 0.483. The van der Waals surface area contributed by atoms with Gasteiger partial charge >= 0.3 is 0 Å². The zero-order valence-corrected chi connectivity index (χ0v) is 11.6. The summed E-state index contributed by atoms with van der Waals surface area (Å²) in [6.45, 7) is 2.12. The molecule has 0 radical (unpaired) electrons. The highest BCUT2D eigenvalue weighted by Gasteiger charge is 2.16. The number of aromatic nitrogens is 5. The summed E-state index contributed by atoms with van der Waals surface area (Å²) >= 11 is 0. The molecule has 0 aromatic carbocycles. The average molecular weight is 283 g/mol. The summed E-state index contributed by atoms with van der Waals surface area (Å²) in [5, 5.41) is 11.1. The fourth-order valence-corrected chi connectivity index (χ4v) is 2.75. The molecule has 0 saturated carbocycles. The number of nitrogens with one attached hydrogen (secondary N) is 2. The Morgan fingerprint density at radius 3 is 2.81 bits per heavy atom. The molecule has 4 rings (SSSR count). The summed E-state index contributed by atoms with van der Waals surface area (Å²) in [6.07, 6.45) is 13.4. The van der Waals surface area contributed by atoms with E-state index in [1.165, 1.54) is 0 Å². The van der Waals surface area contributed by atoms with Crippen molar-refractivity contribution < 1.29 is 0 Å². The first-order valence-electron chi connectivity index (χ1n) is 7.20. The number of anilines is 2. The predicted molar refractivity (Wildman–Crippen MR) is 79.6 cm³/mol. The largest absolute Gasteiger partial charge is 0.335 e. The van der Waals surface area contributed by atoms with Gasteiger partial charge in [0.05, 0.1) is 17.9 Å². The lowest BCUT2D eigenvalue weighted by molar-refractivity contribution is 0.343. The number of hydrogen-bond donors (Lipinski definition) is 2. The number of fused-ring (bicyclic) bond motifs is 1. The van der Waals surface area contributed by atoms with Crippen molar-refractivity contribution in [1.29, 1.82) is 0 Å². The van der Waals surface area contributed by atoms with Gasteiger partial charge in [0.25, 0.3) is 0 Å². The summed E-state index contributed by atoms with van der Waals surface area (Å²) in [7, 11) is 0. The van der Waals surface area contributed by atoms with Crippen LogP contribution in [0.15, 0.2) is 37.2 Å². The van der Waals surface area contributed by atoms with E-state index in [0.717, 1.165) is 43.1 Å². The molecule has 21 heavy (non-hydrogen) atoms. The fourth-order valence-electron chi connectivity index (χ4n) is 2.75. The maximum Gasteiger partial charge on any atom is 0.180 e. The van der Waals surface area contributed by atoms with Crippen LogP contribution in [0.25, 0.3) is 5.65 Å². The Kier molecular flexibility index (Phi) is 3.04. The van der Waals surface area contributed by atoms with Gasteiger partial charge in [-0.05, 0) is 25.9 Å². The van der Waals surface area contributed by atoms with Crippen molar-refractivity contribution in [3.8, 4) is 0 Å². The molecule has 4 heterocycles. The van der Waals surface area contributed by atoms with Gasteiger partial charge in [-0.15, -0.1) is 0 Å². The van der Waals surface area contributed by atoms with Gasteiger partial charge in [0, 0.05) is 31.0 Å². The second kappa shape index (κ2) is 5.17. The van der Waals surface area contributed by atoms with Crippen LogP contribution in [0.4, 0.5) is 11.5 Å². The van der Waals surface area contributed by atoms with Crippen molar-refractivity contribution in [2.45, 2.75) is 18.9 Å². The third kappa shape index (κ3) is 2.36. The van der Waals surface area contributed by atoms with Crippen LogP contribution in [0, 0.1) is 0 Å². The Hall–Kier alpha value is -2.41. The monoisotopic (exact) mass is 283 g/mol. The molecule has 2 N–H and O–H groups in total. The van der Waals surface area contributed by atoms with Crippen molar-refractivity contribution in [1.82, 2.24) is 29.5 Å². The first-order valence-corrected chi connectivity index (χ1v) is 7.20. The smallest absolute Gasteiger partial charge is 0.180 e. The Labute approximate surface area is 122 Å². The van der Waals surface area contributed by atoms with Crippen molar-refractivity contribution in [3.05, 3.63) is 37.2 Å². The maximum absolute atomic E-state index is 4.48. The van der Waals surface area contributed by atoms with Crippen LogP contribution in [-0.4, -0.2) is 37.2 Å². The van der Waals surface area contributed by atoms with E-state index in [1.807, 2.05) is 29.2 Å². The molecule has 1 aliphatic rings. The summed E-state index contributed by atoms with van der Waals surface area (Å²) in [6, 6.07) is 0.483. The van der Waals surface area contributed by atoms with Gasteiger partial charge in [-0.1, -0.05) is 0 Å². The van der Waals surface area contributed by atoms with E-state index < -0.39 is 0 Å². The van der Waals surface area contributed by atoms with Crippen LogP contribution in [0.2, 0.25) is 0 Å². The molecule has 0 atom stereocenters. The Bertz CT molecular complexity index is 738. The molecular weight excluding hydrogens is 266 g/mol. The van der Waals surface area contributed by atoms with Gasteiger partial charge in [-0.3, -0.25) is 4.68 Å². The molecule has 0 aliphatic carbocycles. The Morgan fingerprint density at radius 2 is 1.95 bits per heavy atom. The van der Waals surface area contributed by atoms with Crippen LogP contribution in [0.1, 0.15) is 18.9 Å². The van der Waals surface area contributed by atoms with Crippen molar-refractivity contribution in [2.24, 2.45) is 0 Å². The van der Waals surface area contributed by atoms with Gasteiger partial charge in [0.1, 0.15) is 0 Å². The second-order valence-corrected chi connectivity index (χ2v) is 5.25. The molecule has 0 amide bonds. The molecule has 7 heteroatoms. The molecule has 3 aromatic heterocycles. The van der Waals surface area contributed by atoms with E-state index >= 15 is 0 Å². The molecule has 0 bridgehead atoms. The number of rotatable bonds is 3. The van der Waals surface area contributed by atoms with Crippen LogP contribution < -0.4 is 10.6 Å². The van der Waals surface area contributed by atoms with E-state index in [2.05, 4.69) is 30.4 Å². The quantitative estimate of drug-likeness (QED) is 0.764. The predicted octanol–water partition coefficient (Wildman–Crippen LogP) is 1.59. The van der Waals surface area contributed by atoms with Crippen molar-refractivity contribution in [2.75, 3.05) is 18.4 Å². The summed E-state index contributed by atoms with van der Waals surface area (Å²) in [5.74, 6) is 0.743. The van der Waals surface area contributed by atoms with Crippen molar-refractivity contribution >= 4 is 17.2 Å². The highest BCUT2D eigenvalue weighted by molar-refractivity contribution is 5.68. The van der Waals surface area contributed by atoms with Crippen LogP contribution >= 0.6 is 0 Å². The summed E-state index contributed by atoms with van der Waals surface area (Å²) in [5.41, 5.74) is 1.75. The van der Waals surface area contributed by atoms with Crippen molar-refractivity contribution in [3.63, 3.8) is 0 Å². The molecular formula is C14H17N7. The first kappa shape index (κ1) is 12.3. The molecule has 0 unspecified atom stereocenters. The number of piperidine rings is 1. The molecule has 108 valence electrons. The Morgan fingerprint density at radius 1 is 1.14 bits per heavy atom. The summed E-state index contributed by atoms with van der Waals surface area (Å²) < 4.78 is 3.99. The topological polar surface area (TPSA) is 72.1 Å². The minimum atomic E-state index is 0.483. The average Bonchev–Trinajstić information content (AvgIpc) is 3.17. The lowest BCUT2D eigenvalue weighted by Gasteiger charge is -2.22. The van der Waals surface area contributed by atoms with E-state index in [-0.39, 0.29) is 0 Å². The Balaban J connectivity index is 1.57. The lowest BCUT2D eigenvalue weighted by Crippen LogP contribution is -2.29. The summed E-state index contributed by atoms with van der Waals surface area (Å²) in [4.78, 5) is 8.67. The van der Waals surface area contributed by atoms with E-state index in [4.69, 9.17) is 0 Å².